The highest BCUT2D eigenvalue weighted by molar-refractivity contribution is 5.59. The van der Waals surface area contributed by atoms with Crippen LogP contribution >= 0.6 is 0 Å². The Morgan fingerprint density at radius 1 is 1.42 bits per heavy atom. The van der Waals surface area contributed by atoms with E-state index in [1.165, 1.54) is 31.7 Å². The van der Waals surface area contributed by atoms with Crippen molar-refractivity contribution >= 4 is 11.4 Å². The number of benzene rings is 1. The largest absolute Gasteiger partial charge is 0.393 e. The molecule has 1 aliphatic rings. The molecular weight excluding hydrogens is 242 g/mol. The molecule has 1 fully saturated rings. The molecule has 0 bridgehead atoms. The number of nitrogens with zero attached hydrogens (tertiary/aromatic N) is 2. The monoisotopic (exact) mass is 263 g/mol. The molecule has 0 radical (unpaired) electrons. The number of nitrogen functional groups attached to an aromatic ring is 1. The third-order valence-corrected chi connectivity index (χ3v) is 3.92. The van der Waals surface area contributed by atoms with E-state index in [0.717, 1.165) is 18.7 Å². The number of nitro benzene ring substituents is 1. The lowest BCUT2D eigenvalue weighted by molar-refractivity contribution is -0.383. The fraction of sp³-hybridized carbons (Fsp3) is 0.571. The summed E-state index contributed by atoms with van der Waals surface area (Å²) >= 11 is 0. The molecule has 19 heavy (non-hydrogen) atoms. The van der Waals surface area contributed by atoms with Crippen molar-refractivity contribution in [2.45, 2.75) is 45.2 Å². The van der Waals surface area contributed by atoms with Crippen molar-refractivity contribution in [2.24, 2.45) is 0 Å². The number of hydrogen-bond donors (Lipinski definition) is 1. The lowest BCUT2D eigenvalue weighted by atomic mass is 10.1. The maximum absolute atomic E-state index is 10.7. The molecule has 1 aliphatic carbocycles. The van der Waals surface area contributed by atoms with E-state index < -0.39 is 4.92 Å². The number of nitrogens with two attached hydrogens (primary N) is 1. The molecule has 1 aromatic rings. The molecular formula is C14H21N3O2. The Morgan fingerprint density at radius 3 is 2.63 bits per heavy atom. The normalized spacial score (nSPS) is 16.1. The molecule has 0 heterocycles. The summed E-state index contributed by atoms with van der Waals surface area (Å²) in [5.41, 5.74) is 7.03. The number of anilines is 1. The molecule has 2 N–H and O–H groups in total. The van der Waals surface area contributed by atoms with Gasteiger partial charge in [0.1, 0.15) is 5.69 Å². The van der Waals surface area contributed by atoms with Gasteiger partial charge in [-0.3, -0.25) is 15.0 Å². The Hall–Kier alpha value is -1.62. The van der Waals surface area contributed by atoms with Crippen LogP contribution in [0.1, 0.15) is 38.2 Å². The molecule has 1 saturated carbocycles. The highest BCUT2D eigenvalue weighted by Gasteiger charge is 2.21. The standard InChI is InChI=1S/C14H21N3O2/c1-2-16(12-5-3-4-6-12)10-11-7-8-14(17(18)19)13(15)9-11/h7-9,12H,2-6,10,15H2,1H3. The molecule has 104 valence electrons. The first-order valence-corrected chi connectivity index (χ1v) is 6.88. The van der Waals surface area contributed by atoms with E-state index in [4.69, 9.17) is 5.73 Å². The zero-order valence-electron chi connectivity index (χ0n) is 11.3. The van der Waals surface area contributed by atoms with Gasteiger partial charge in [0.15, 0.2) is 0 Å². The minimum atomic E-state index is -0.437. The smallest absolute Gasteiger partial charge is 0.292 e. The van der Waals surface area contributed by atoms with E-state index in [-0.39, 0.29) is 11.4 Å². The first-order chi connectivity index (χ1) is 9.11. The van der Waals surface area contributed by atoms with Crippen molar-refractivity contribution in [3.63, 3.8) is 0 Å². The maximum Gasteiger partial charge on any atom is 0.292 e. The highest BCUT2D eigenvalue weighted by atomic mass is 16.6. The van der Waals surface area contributed by atoms with Crippen LogP contribution in [-0.2, 0) is 6.54 Å². The van der Waals surface area contributed by atoms with E-state index >= 15 is 0 Å². The first-order valence-electron chi connectivity index (χ1n) is 6.88. The second-order valence-corrected chi connectivity index (χ2v) is 5.15. The van der Waals surface area contributed by atoms with Gasteiger partial charge in [0.2, 0.25) is 0 Å². The average molecular weight is 263 g/mol. The van der Waals surface area contributed by atoms with Crippen LogP contribution < -0.4 is 5.73 Å². The van der Waals surface area contributed by atoms with Crippen LogP contribution in [-0.4, -0.2) is 22.4 Å². The molecule has 0 unspecified atom stereocenters. The predicted molar refractivity (Wildman–Crippen MR) is 75.8 cm³/mol. The topological polar surface area (TPSA) is 72.4 Å². The van der Waals surface area contributed by atoms with Gasteiger partial charge < -0.3 is 5.73 Å². The van der Waals surface area contributed by atoms with Crippen molar-refractivity contribution < 1.29 is 4.92 Å². The third kappa shape index (κ3) is 3.23. The Balaban J connectivity index is 2.09. The highest BCUT2D eigenvalue weighted by Crippen LogP contribution is 2.27. The summed E-state index contributed by atoms with van der Waals surface area (Å²) in [5.74, 6) is 0. The second-order valence-electron chi connectivity index (χ2n) is 5.15. The van der Waals surface area contributed by atoms with Gasteiger partial charge >= 0.3 is 0 Å². The minimum absolute atomic E-state index is 0.00679. The van der Waals surface area contributed by atoms with Gasteiger partial charge in [-0.1, -0.05) is 25.8 Å². The first kappa shape index (κ1) is 13.8. The van der Waals surface area contributed by atoms with Gasteiger partial charge in [0, 0.05) is 18.7 Å². The Morgan fingerprint density at radius 2 is 2.11 bits per heavy atom. The van der Waals surface area contributed by atoms with Crippen molar-refractivity contribution in [2.75, 3.05) is 12.3 Å². The van der Waals surface area contributed by atoms with E-state index in [1.54, 1.807) is 6.07 Å². The Kier molecular flexibility index (Phi) is 4.37. The van der Waals surface area contributed by atoms with Gasteiger partial charge in [0.05, 0.1) is 4.92 Å². The molecule has 0 spiro atoms. The zero-order chi connectivity index (χ0) is 13.8. The van der Waals surface area contributed by atoms with Crippen LogP contribution in [0.2, 0.25) is 0 Å². The van der Waals surface area contributed by atoms with Gasteiger partial charge in [-0.25, -0.2) is 0 Å². The summed E-state index contributed by atoms with van der Waals surface area (Å²) < 4.78 is 0. The quantitative estimate of drug-likeness (QED) is 0.503. The predicted octanol–water partition coefficient (Wildman–Crippen LogP) is 2.94. The van der Waals surface area contributed by atoms with Crippen molar-refractivity contribution in [1.82, 2.24) is 4.90 Å². The van der Waals surface area contributed by atoms with Gasteiger partial charge in [-0.2, -0.15) is 0 Å². The second kappa shape index (κ2) is 6.02. The Bertz CT molecular complexity index is 456. The SMILES string of the molecule is CCN(Cc1ccc([N+](=O)[O-])c(N)c1)C1CCCC1. The van der Waals surface area contributed by atoms with Gasteiger partial charge in [-0.15, -0.1) is 0 Å². The molecule has 0 atom stereocenters. The van der Waals surface area contributed by atoms with Crippen LogP contribution in [0.15, 0.2) is 18.2 Å². The van der Waals surface area contributed by atoms with Crippen LogP contribution in [0.5, 0.6) is 0 Å². The van der Waals surface area contributed by atoms with Crippen molar-refractivity contribution in [1.29, 1.82) is 0 Å². The lowest BCUT2D eigenvalue weighted by Crippen LogP contribution is -2.32. The number of rotatable bonds is 5. The minimum Gasteiger partial charge on any atom is -0.393 e. The van der Waals surface area contributed by atoms with Crippen molar-refractivity contribution in [3.8, 4) is 0 Å². The summed E-state index contributed by atoms with van der Waals surface area (Å²) in [6.45, 7) is 3.98. The molecule has 0 aliphatic heterocycles. The summed E-state index contributed by atoms with van der Waals surface area (Å²) in [6, 6.07) is 5.70. The molecule has 2 rings (SSSR count). The van der Waals surface area contributed by atoms with Crippen molar-refractivity contribution in [3.05, 3.63) is 33.9 Å². The molecule has 5 nitrogen and oxygen atoms in total. The number of hydrogen-bond acceptors (Lipinski definition) is 4. The lowest BCUT2D eigenvalue weighted by Gasteiger charge is -2.27. The van der Waals surface area contributed by atoms with Crippen LogP contribution in [0.25, 0.3) is 0 Å². The van der Waals surface area contributed by atoms with E-state index in [2.05, 4.69) is 11.8 Å². The van der Waals surface area contributed by atoms with Gasteiger partial charge in [-0.05, 0) is 31.0 Å². The summed E-state index contributed by atoms with van der Waals surface area (Å²) in [6.07, 6.45) is 5.14. The molecule has 5 heteroatoms. The van der Waals surface area contributed by atoms with Crippen LogP contribution in [0.4, 0.5) is 11.4 Å². The molecule has 0 amide bonds. The number of nitro groups is 1. The van der Waals surface area contributed by atoms with E-state index in [0.29, 0.717) is 6.04 Å². The zero-order valence-corrected chi connectivity index (χ0v) is 11.3. The average Bonchev–Trinajstić information content (AvgIpc) is 2.89. The summed E-state index contributed by atoms with van der Waals surface area (Å²) in [7, 11) is 0. The molecule has 0 aromatic heterocycles. The fourth-order valence-corrected chi connectivity index (χ4v) is 2.87. The fourth-order valence-electron chi connectivity index (χ4n) is 2.87. The maximum atomic E-state index is 10.7. The van der Waals surface area contributed by atoms with Gasteiger partial charge in [0.25, 0.3) is 5.69 Å². The summed E-state index contributed by atoms with van der Waals surface area (Å²) in [4.78, 5) is 12.7. The Labute approximate surface area is 113 Å². The third-order valence-electron chi connectivity index (χ3n) is 3.92. The molecule has 1 aromatic carbocycles. The van der Waals surface area contributed by atoms with E-state index in [9.17, 15) is 10.1 Å². The van der Waals surface area contributed by atoms with Crippen LogP contribution in [0, 0.1) is 10.1 Å². The summed E-state index contributed by atoms with van der Waals surface area (Å²) in [5, 5.41) is 10.7. The van der Waals surface area contributed by atoms with E-state index in [1.807, 2.05) is 6.07 Å². The van der Waals surface area contributed by atoms with Crippen LogP contribution in [0.3, 0.4) is 0 Å². The molecule has 0 saturated heterocycles.